The number of aromatic carboxylic acids is 1. The van der Waals surface area contributed by atoms with Crippen LogP contribution in [0, 0.1) is 5.92 Å². The number of hydrogen-bond donors (Lipinski definition) is 2. The number of anilines is 1. The predicted molar refractivity (Wildman–Crippen MR) is 68.8 cm³/mol. The third kappa shape index (κ3) is 3.05. The molecule has 0 spiro atoms. The maximum Gasteiger partial charge on any atom is 0.417 e. The first kappa shape index (κ1) is 14.7. The molecule has 20 heavy (non-hydrogen) atoms. The second-order valence-corrected chi connectivity index (χ2v) is 5.68. The van der Waals surface area contributed by atoms with E-state index in [1.165, 1.54) is 6.07 Å². The molecule has 6 heteroatoms. The van der Waals surface area contributed by atoms with Crippen molar-refractivity contribution >= 4 is 11.7 Å². The Kier molecular flexibility index (Phi) is 3.44. The van der Waals surface area contributed by atoms with Crippen LogP contribution >= 0.6 is 0 Å². The van der Waals surface area contributed by atoms with Crippen molar-refractivity contribution in [3.8, 4) is 0 Å². The summed E-state index contributed by atoms with van der Waals surface area (Å²) in [5.41, 5.74) is -1.71. The van der Waals surface area contributed by atoms with Gasteiger partial charge >= 0.3 is 12.1 Å². The highest BCUT2D eigenvalue weighted by Gasteiger charge is 2.39. The van der Waals surface area contributed by atoms with Gasteiger partial charge in [-0.2, -0.15) is 13.2 Å². The van der Waals surface area contributed by atoms with E-state index >= 15 is 0 Å². The van der Waals surface area contributed by atoms with Crippen molar-refractivity contribution < 1.29 is 23.1 Å². The summed E-state index contributed by atoms with van der Waals surface area (Å²) in [4.78, 5) is 11.0. The summed E-state index contributed by atoms with van der Waals surface area (Å²) < 4.78 is 38.2. The van der Waals surface area contributed by atoms with Gasteiger partial charge in [0.15, 0.2) is 0 Å². The molecule has 2 N–H and O–H groups in total. The average molecular weight is 287 g/mol. The van der Waals surface area contributed by atoms with E-state index in [9.17, 15) is 18.0 Å². The lowest BCUT2D eigenvalue weighted by atomic mass is 9.97. The lowest BCUT2D eigenvalue weighted by molar-refractivity contribution is -0.138. The second kappa shape index (κ2) is 4.68. The number of rotatable bonds is 4. The lowest BCUT2D eigenvalue weighted by Crippen LogP contribution is -2.33. The highest BCUT2D eigenvalue weighted by atomic mass is 19.4. The fourth-order valence-corrected chi connectivity index (χ4v) is 2.33. The normalized spacial score (nSPS) is 16.1. The van der Waals surface area contributed by atoms with E-state index in [2.05, 4.69) is 5.32 Å². The van der Waals surface area contributed by atoms with Crippen LogP contribution in [0.4, 0.5) is 18.9 Å². The minimum absolute atomic E-state index is 0.254. The van der Waals surface area contributed by atoms with Gasteiger partial charge in [-0.3, -0.25) is 0 Å². The number of carboxylic acids is 1. The number of alkyl halides is 3. The summed E-state index contributed by atoms with van der Waals surface area (Å²) in [5.74, 6) is -1.11. The number of carbonyl (C=O) groups is 1. The van der Waals surface area contributed by atoms with Crippen LogP contribution in [0.1, 0.15) is 42.6 Å². The van der Waals surface area contributed by atoms with Crippen LogP contribution in [0.25, 0.3) is 0 Å². The highest BCUT2D eigenvalue weighted by molar-refractivity contribution is 5.91. The van der Waals surface area contributed by atoms with Gasteiger partial charge in [0.2, 0.25) is 0 Å². The van der Waals surface area contributed by atoms with Crippen LogP contribution in [0.15, 0.2) is 18.2 Å². The summed E-state index contributed by atoms with van der Waals surface area (Å²) in [6.45, 7) is 3.92. The van der Waals surface area contributed by atoms with Gasteiger partial charge in [0.25, 0.3) is 0 Å². The molecule has 1 saturated carbocycles. The van der Waals surface area contributed by atoms with Crippen LogP contribution in [0.2, 0.25) is 0 Å². The van der Waals surface area contributed by atoms with Crippen LogP contribution in [0.5, 0.6) is 0 Å². The number of halogens is 3. The first-order chi connectivity index (χ1) is 9.11. The van der Waals surface area contributed by atoms with Gasteiger partial charge in [-0.15, -0.1) is 0 Å². The molecule has 3 nitrogen and oxygen atoms in total. The van der Waals surface area contributed by atoms with Crippen molar-refractivity contribution in [1.29, 1.82) is 0 Å². The van der Waals surface area contributed by atoms with Gasteiger partial charge in [-0.1, -0.05) is 0 Å². The van der Waals surface area contributed by atoms with Crippen LogP contribution in [-0.2, 0) is 6.18 Å². The van der Waals surface area contributed by atoms with Crippen molar-refractivity contribution in [1.82, 2.24) is 0 Å². The summed E-state index contributed by atoms with van der Waals surface area (Å²) in [5, 5.41) is 12.1. The molecule has 1 fully saturated rings. The molecule has 0 saturated heterocycles. The third-order valence-electron chi connectivity index (χ3n) is 3.62. The molecule has 1 aliphatic rings. The molecule has 0 heterocycles. The Morgan fingerprint density at radius 3 is 2.35 bits per heavy atom. The van der Waals surface area contributed by atoms with E-state index in [4.69, 9.17) is 5.11 Å². The zero-order chi connectivity index (χ0) is 15.1. The molecule has 0 atom stereocenters. The average Bonchev–Trinajstić information content (AvgIpc) is 3.10. The van der Waals surface area contributed by atoms with E-state index < -0.39 is 23.3 Å². The van der Waals surface area contributed by atoms with Gasteiger partial charge in [-0.25, -0.2) is 4.79 Å². The standard InChI is InChI=1S/C14H16F3NO2/c1-13(2,8-3-4-8)18-9-5-6-11(14(15,16)17)10(7-9)12(19)20/h5-8,18H,3-4H2,1-2H3,(H,19,20). The van der Waals surface area contributed by atoms with Gasteiger partial charge in [0, 0.05) is 11.2 Å². The first-order valence-electron chi connectivity index (χ1n) is 6.34. The SMILES string of the molecule is CC(C)(Nc1ccc(C(F)(F)F)c(C(=O)O)c1)C1CC1. The molecule has 1 aliphatic carbocycles. The zero-order valence-electron chi connectivity index (χ0n) is 11.2. The predicted octanol–water partition coefficient (Wildman–Crippen LogP) is 4.00. The van der Waals surface area contributed by atoms with E-state index in [0.29, 0.717) is 11.6 Å². The summed E-state index contributed by atoms with van der Waals surface area (Å²) in [6.07, 6.45) is -2.52. The fourth-order valence-electron chi connectivity index (χ4n) is 2.33. The maximum absolute atomic E-state index is 12.7. The number of carboxylic acid groups (broad SMARTS) is 1. The van der Waals surface area contributed by atoms with Crippen molar-refractivity contribution in [2.75, 3.05) is 5.32 Å². The Morgan fingerprint density at radius 2 is 1.90 bits per heavy atom. The van der Waals surface area contributed by atoms with E-state index in [1.807, 2.05) is 13.8 Å². The van der Waals surface area contributed by atoms with Crippen LogP contribution in [-0.4, -0.2) is 16.6 Å². The Labute approximate surface area is 114 Å². The molecular formula is C14H16F3NO2. The number of nitrogens with one attached hydrogen (secondary N) is 1. The van der Waals surface area contributed by atoms with Crippen LogP contribution in [0.3, 0.4) is 0 Å². The molecule has 2 rings (SSSR count). The highest BCUT2D eigenvalue weighted by Crippen LogP contribution is 2.41. The molecule has 0 amide bonds. The Hall–Kier alpha value is -1.72. The van der Waals surface area contributed by atoms with Gasteiger partial charge < -0.3 is 10.4 Å². The number of hydrogen-bond acceptors (Lipinski definition) is 2. The summed E-state index contributed by atoms with van der Waals surface area (Å²) in [7, 11) is 0. The van der Waals surface area contributed by atoms with E-state index in [-0.39, 0.29) is 5.54 Å². The molecule has 0 radical (unpaired) electrons. The van der Waals surface area contributed by atoms with Crippen molar-refractivity contribution in [3.05, 3.63) is 29.3 Å². The number of benzene rings is 1. The van der Waals surface area contributed by atoms with Crippen molar-refractivity contribution in [2.24, 2.45) is 5.92 Å². The molecule has 1 aromatic carbocycles. The van der Waals surface area contributed by atoms with Gasteiger partial charge in [-0.05, 0) is 50.8 Å². The topological polar surface area (TPSA) is 49.3 Å². The summed E-state index contributed by atoms with van der Waals surface area (Å²) in [6, 6.07) is 3.14. The van der Waals surface area contributed by atoms with Crippen molar-refractivity contribution in [2.45, 2.75) is 38.4 Å². The Bertz CT molecular complexity index is 534. The monoisotopic (exact) mass is 287 g/mol. The molecule has 0 aromatic heterocycles. The van der Waals surface area contributed by atoms with E-state index in [0.717, 1.165) is 25.0 Å². The first-order valence-corrected chi connectivity index (χ1v) is 6.34. The lowest BCUT2D eigenvalue weighted by Gasteiger charge is -2.28. The molecule has 0 aliphatic heterocycles. The quantitative estimate of drug-likeness (QED) is 0.879. The minimum Gasteiger partial charge on any atom is -0.478 e. The minimum atomic E-state index is -4.67. The third-order valence-corrected chi connectivity index (χ3v) is 3.62. The van der Waals surface area contributed by atoms with Gasteiger partial charge in [0.1, 0.15) is 0 Å². The largest absolute Gasteiger partial charge is 0.478 e. The summed E-state index contributed by atoms with van der Waals surface area (Å²) >= 11 is 0. The Morgan fingerprint density at radius 1 is 1.30 bits per heavy atom. The second-order valence-electron chi connectivity index (χ2n) is 5.68. The Balaban J connectivity index is 2.33. The molecule has 0 unspecified atom stereocenters. The molecule has 1 aromatic rings. The van der Waals surface area contributed by atoms with Crippen molar-refractivity contribution in [3.63, 3.8) is 0 Å². The van der Waals surface area contributed by atoms with Crippen LogP contribution < -0.4 is 5.32 Å². The van der Waals surface area contributed by atoms with Gasteiger partial charge in [0.05, 0.1) is 11.1 Å². The maximum atomic E-state index is 12.7. The molecule has 0 bridgehead atoms. The zero-order valence-corrected chi connectivity index (χ0v) is 11.2. The molecule has 110 valence electrons. The fraction of sp³-hybridized carbons (Fsp3) is 0.500. The smallest absolute Gasteiger partial charge is 0.417 e. The van der Waals surface area contributed by atoms with E-state index in [1.54, 1.807) is 0 Å². The molecular weight excluding hydrogens is 271 g/mol.